The first kappa shape index (κ1) is 23.1. The van der Waals surface area contributed by atoms with E-state index in [2.05, 4.69) is 40.7 Å². The van der Waals surface area contributed by atoms with E-state index in [1.54, 1.807) is 12.3 Å². The number of nitrogens with one attached hydrogen (secondary N) is 2. The van der Waals surface area contributed by atoms with Crippen molar-refractivity contribution in [1.29, 1.82) is 0 Å². The van der Waals surface area contributed by atoms with Crippen LogP contribution in [0, 0.1) is 6.92 Å². The largest absolute Gasteiger partial charge is 0.612 e. The molecule has 6 nitrogen and oxygen atoms in total. The molecule has 3 aromatic rings. The van der Waals surface area contributed by atoms with E-state index in [0.29, 0.717) is 24.9 Å². The highest BCUT2D eigenvalue weighted by molar-refractivity contribution is 7.90. The van der Waals surface area contributed by atoms with Gasteiger partial charge < -0.3 is 19.9 Å². The number of pyridine rings is 1. The molecule has 1 heterocycles. The van der Waals surface area contributed by atoms with Crippen LogP contribution in [-0.2, 0) is 17.7 Å². The van der Waals surface area contributed by atoms with Crippen LogP contribution in [0.3, 0.4) is 0 Å². The monoisotopic (exact) mass is 463 g/mol. The maximum Gasteiger partial charge on any atom is 0.270 e. The van der Waals surface area contributed by atoms with E-state index in [-0.39, 0.29) is 11.6 Å². The van der Waals surface area contributed by atoms with E-state index in [0.717, 1.165) is 21.8 Å². The Morgan fingerprint density at radius 1 is 1.15 bits per heavy atom. The molecule has 7 heteroatoms. The number of carbonyl (C=O) groups excluding carboxylic acids is 1. The molecule has 1 aliphatic carbocycles. The summed E-state index contributed by atoms with van der Waals surface area (Å²) in [6.45, 7) is 4.84. The van der Waals surface area contributed by atoms with Crippen molar-refractivity contribution in [3.8, 4) is 5.88 Å². The fourth-order valence-electron chi connectivity index (χ4n) is 3.69. The van der Waals surface area contributed by atoms with Gasteiger partial charge in [-0.15, -0.1) is 0 Å². The smallest absolute Gasteiger partial charge is 0.270 e. The third-order valence-corrected chi connectivity index (χ3v) is 6.59. The van der Waals surface area contributed by atoms with E-state index in [1.165, 1.54) is 24.0 Å². The van der Waals surface area contributed by atoms with Crippen molar-refractivity contribution in [2.24, 2.45) is 0 Å². The van der Waals surface area contributed by atoms with Crippen molar-refractivity contribution in [3.05, 3.63) is 77.0 Å². The van der Waals surface area contributed by atoms with Gasteiger partial charge in [-0.2, -0.15) is 0 Å². The molecule has 2 aromatic carbocycles. The Kier molecular flexibility index (Phi) is 7.20. The minimum absolute atomic E-state index is 0.281. The van der Waals surface area contributed by atoms with E-state index < -0.39 is 11.2 Å². The zero-order valence-corrected chi connectivity index (χ0v) is 20.0. The number of hydrogen-bond donors (Lipinski definition) is 2. The Hall–Kier alpha value is -3.03. The molecule has 1 aromatic heterocycles. The standard InChI is InChI=1S/C26H29N3O3S/c1-4-32-26-24(28-20-10-5-17(2)22(15-20)19-8-9-19)14-13-23(29-26)25(30)27-16-18-6-11-21(12-7-18)33(3)31/h5-7,10-15,19,28H,4,8-9,16H2,1-3H3,(H,27,30). The highest BCUT2D eigenvalue weighted by Crippen LogP contribution is 2.42. The number of aromatic nitrogens is 1. The fourth-order valence-corrected chi connectivity index (χ4v) is 4.21. The number of ether oxygens (including phenoxy) is 1. The number of anilines is 2. The number of amides is 1. The van der Waals surface area contributed by atoms with Gasteiger partial charge in [0.1, 0.15) is 17.6 Å². The number of nitrogens with zero attached hydrogens (tertiary/aromatic N) is 1. The topological polar surface area (TPSA) is 86.3 Å². The van der Waals surface area contributed by atoms with Crippen LogP contribution >= 0.6 is 0 Å². The summed E-state index contributed by atoms with van der Waals surface area (Å²) in [6, 6.07) is 17.2. The first-order valence-corrected chi connectivity index (χ1v) is 12.7. The first-order chi connectivity index (χ1) is 15.9. The summed E-state index contributed by atoms with van der Waals surface area (Å²) in [5.74, 6) is 0.785. The van der Waals surface area contributed by atoms with Gasteiger partial charge in [0.25, 0.3) is 5.91 Å². The molecule has 1 amide bonds. The van der Waals surface area contributed by atoms with Crippen LogP contribution in [0.4, 0.5) is 11.4 Å². The zero-order chi connectivity index (χ0) is 23.4. The molecule has 172 valence electrons. The van der Waals surface area contributed by atoms with Gasteiger partial charge in [-0.25, -0.2) is 4.98 Å². The van der Waals surface area contributed by atoms with Crippen molar-refractivity contribution in [2.45, 2.75) is 44.0 Å². The molecular weight excluding hydrogens is 434 g/mol. The summed E-state index contributed by atoms with van der Waals surface area (Å²) < 4.78 is 17.2. The van der Waals surface area contributed by atoms with Crippen LogP contribution in [0.2, 0.25) is 0 Å². The van der Waals surface area contributed by atoms with Crippen molar-refractivity contribution in [1.82, 2.24) is 10.3 Å². The Morgan fingerprint density at radius 3 is 2.58 bits per heavy atom. The molecule has 1 unspecified atom stereocenters. The lowest BCUT2D eigenvalue weighted by molar-refractivity contribution is 0.0945. The Labute approximate surface area is 198 Å². The van der Waals surface area contributed by atoms with Gasteiger partial charge in [0.15, 0.2) is 4.90 Å². The molecule has 0 saturated heterocycles. The summed E-state index contributed by atoms with van der Waals surface area (Å²) in [5, 5.41) is 6.28. The van der Waals surface area contributed by atoms with E-state index in [4.69, 9.17) is 4.74 Å². The van der Waals surface area contributed by atoms with Crippen molar-refractivity contribution >= 4 is 28.5 Å². The number of benzene rings is 2. The second kappa shape index (κ2) is 10.3. The molecule has 1 aliphatic rings. The highest BCUT2D eigenvalue weighted by atomic mass is 32.2. The van der Waals surface area contributed by atoms with Crippen LogP contribution in [-0.4, -0.2) is 28.3 Å². The van der Waals surface area contributed by atoms with Gasteiger partial charge in [0.05, 0.1) is 6.61 Å². The molecule has 0 spiro atoms. The Balaban J connectivity index is 1.45. The van der Waals surface area contributed by atoms with E-state index >= 15 is 0 Å². The zero-order valence-electron chi connectivity index (χ0n) is 19.2. The van der Waals surface area contributed by atoms with Gasteiger partial charge >= 0.3 is 0 Å². The summed E-state index contributed by atoms with van der Waals surface area (Å²) in [6.07, 6.45) is 4.14. The number of carbonyl (C=O) groups is 1. The maximum absolute atomic E-state index is 12.7. The van der Waals surface area contributed by atoms with E-state index in [1.807, 2.05) is 37.3 Å². The average molecular weight is 464 g/mol. The lowest BCUT2D eigenvalue weighted by Crippen LogP contribution is -2.24. The molecule has 1 atom stereocenters. The van der Waals surface area contributed by atoms with Crippen molar-refractivity contribution in [2.75, 3.05) is 18.2 Å². The molecule has 0 radical (unpaired) electrons. The predicted molar refractivity (Wildman–Crippen MR) is 132 cm³/mol. The summed E-state index contributed by atoms with van der Waals surface area (Å²) >= 11 is -1.02. The summed E-state index contributed by atoms with van der Waals surface area (Å²) in [5.41, 5.74) is 5.63. The third-order valence-electron chi connectivity index (χ3n) is 5.66. The highest BCUT2D eigenvalue weighted by Gasteiger charge is 2.25. The van der Waals surface area contributed by atoms with Crippen LogP contribution in [0.25, 0.3) is 0 Å². The minimum atomic E-state index is -1.02. The predicted octanol–water partition coefficient (Wildman–Crippen LogP) is 5.08. The molecular formula is C26H29N3O3S. The Bertz CT molecular complexity index is 1130. The van der Waals surface area contributed by atoms with Gasteiger partial charge in [-0.05, 0) is 96.9 Å². The lowest BCUT2D eigenvalue weighted by atomic mass is 10.0. The fraction of sp³-hybridized carbons (Fsp3) is 0.308. The second-order valence-corrected chi connectivity index (χ2v) is 9.61. The molecule has 33 heavy (non-hydrogen) atoms. The number of hydrogen-bond acceptors (Lipinski definition) is 5. The lowest BCUT2D eigenvalue weighted by Gasteiger charge is -2.14. The number of aryl methyl sites for hydroxylation is 1. The Morgan fingerprint density at radius 2 is 1.91 bits per heavy atom. The minimum Gasteiger partial charge on any atom is -0.612 e. The van der Waals surface area contributed by atoms with Crippen LogP contribution in [0.5, 0.6) is 5.88 Å². The van der Waals surface area contributed by atoms with E-state index in [9.17, 15) is 9.35 Å². The summed E-state index contributed by atoms with van der Waals surface area (Å²) in [4.78, 5) is 17.9. The maximum atomic E-state index is 12.7. The van der Waals surface area contributed by atoms with Crippen LogP contribution < -0.4 is 15.4 Å². The van der Waals surface area contributed by atoms with Crippen molar-refractivity contribution in [3.63, 3.8) is 0 Å². The van der Waals surface area contributed by atoms with Crippen molar-refractivity contribution < 1.29 is 14.1 Å². The first-order valence-electron chi connectivity index (χ1n) is 11.2. The van der Waals surface area contributed by atoms with Gasteiger partial charge in [0.2, 0.25) is 5.88 Å². The molecule has 0 aliphatic heterocycles. The number of rotatable bonds is 9. The van der Waals surface area contributed by atoms with Crippen LogP contribution in [0.1, 0.15) is 52.9 Å². The molecule has 4 rings (SSSR count). The van der Waals surface area contributed by atoms with Gasteiger partial charge in [-0.1, -0.05) is 18.2 Å². The van der Waals surface area contributed by atoms with Crippen LogP contribution in [0.15, 0.2) is 59.5 Å². The average Bonchev–Trinajstić information content (AvgIpc) is 3.65. The van der Waals surface area contributed by atoms with Gasteiger partial charge in [-0.3, -0.25) is 4.79 Å². The normalized spacial score (nSPS) is 13.9. The second-order valence-electron chi connectivity index (χ2n) is 8.23. The molecule has 0 bridgehead atoms. The molecule has 1 saturated carbocycles. The quantitative estimate of drug-likeness (QED) is 0.432. The molecule has 2 N–H and O–H groups in total. The summed E-state index contributed by atoms with van der Waals surface area (Å²) in [7, 11) is 0. The van der Waals surface area contributed by atoms with Gasteiger partial charge in [0, 0.05) is 12.2 Å². The molecule has 1 fully saturated rings. The SMILES string of the molecule is CCOc1nc(C(=O)NCc2ccc([S+](C)[O-])cc2)ccc1Nc1ccc(C)c(C2CC2)c1. The third kappa shape index (κ3) is 5.86.